The van der Waals surface area contributed by atoms with Crippen LogP contribution in [-0.4, -0.2) is 35.7 Å². The summed E-state index contributed by atoms with van der Waals surface area (Å²) in [6.45, 7) is 0. The second-order valence-electron chi connectivity index (χ2n) is 9.32. The third-order valence-corrected chi connectivity index (χ3v) is 6.85. The normalized spacial score (nSPS) is 15.1. The number of alkyl halides is 6. The molecule has 1 aromatic heterocycles. The van der Waals surface area contributed by atoms with Crippen LogP contribution < -0.4 is 9.47 Å². The lowest BCUT2D eigenvalue weighted by molar-refractivity contribution is -0.376. The third kappa shape index (κ3) is 5.60. The second-order valence-corrected chi connectivity index (χ2v) is 9.32. The number of nitrogens with zero attached hydrogens (tertiary/aromatic N) is 1. The number of aliphatic hydroxyl groups is 1. The van der Waals surface area contributed by atoms with Gasteiger partial charge in [-0.25, -0.2) is 0 Å². The average molecular weight is 540 g/mol. The minimum absolute atomic E-state index is 0.0582. The smallest absolute Gasteiger partial charge is 0.430 e. The van der Waals surface area contributed by atoms with Crippen molar-refractivity contribution in [1.29, 1.82) is 0 Å². The number of pyridine rings is 1. The van der Waals surface area contributed by atoms with Crippen molar-refractivity contribution in [2.45, 2.75) is 62.6 Å². The molecule has 1 fully saturated rings. The topological polar surface area (TPSA) is 51.6 Å². The molecule has 10 heteroatoms. The van der Waals surface area contributed by atoms with Crippen molar-refractivity contribution < 1.29 is 40.9 Å². The van der Waals surface area contributed by atoms with Gasteiger partial charge in [-0.15, -0.1) is 0 Å². The van der Waals surface area contributed by atoms with Gasteiger partial charge in [-0.2, -0.15) is 26.3 Å². The van der Waals surface area contributed by atoms with Crippen molar-refractivity contribution in [2.24, 2.45) is 0 Å². The van der Waals surface area contributed by atoms with Crippen molar-refractivity contribution >= 4 is 0 Å². The largest absolute Gasteiger partial charge is 0.493 e. The summed E-state index contributed by atoms with van der Waals surface area (Å²) in [5, 5.41) is 10.1. The zero-order valence-corrected chi connectivity index (χ0v) is 20.6. The van der Waals surface area contributed by atoms with E-state index in [1.807, 2.05) is 0 Å². The predicted molar refractivity (Wildman–Crippen MR) is 129 cm³/mol. The molecule has 1 N–H and O–H groups in total. The Bertz CT molecular complexity index is 1220. The number of aryl methyl sites for hydroxylation is 2. The molecule has 204 valence electrons. The SMILES string of the molecule is COc1ccc(-c2cc(C(O)(C(F)(F)F)C(F)(F)F)ccc2CCc2ccncc2)cc1OC1CCCC1. The van der Waals surface area contributed by atoms with E-state index in [9.17, 15) is 31.4 Å². The molecule has 1 saturated carbocycles. The van der Waals surface area contributed by atoms with Gasteiger partial charge in [0.2, 0.25) is 0 Å². The van der Waals surface area contributed by atoms with E-state index in [0.717, 1.165) is 37.3 Å². The quantitative estimate of drug-likeness (QED) is 0.308. The molecule has 0 radical (unpaired) electrons. The predicted octanol–water partition coefficient (Wildman–Crippen LogP) is 7.18. The molecular weight excluding hydrogens is 512 g/mol. The first kappa shape index (κ1) is 27.8. The number of methoxy groups -OCH3 is 1. The lowest BCUT2D eigenvalue weighted by Gasteiger charge is -2.33. The third-order valence-electron chi connectivity index (χ3n) is 6.85. The molecule has 38 heavy (non-hydrogen) atoms. The minimum atomic E-state index is -5.99. The van der Waals surface area contributed by atoms with Gasteiger partial charge in [0.25, 0.3) is 5.60 Å². The Balaban J connectivity index is 1.82. The van der Waals surface area contributed by atoms with Gasteiger partial charge in [-0.1, -0.05) is 18.2 Å². The van der Waals surface area contributed by atoms with Gasteiger partial charge in [0.05, 0.1) is 13.2 Å². The summed E-state index contributed by atoms with van der Waals surface area (Å²) in [5.74, 6) is 0.751. The van der Waals surface area contributed by atoms with Crippen molar-refractivity contribution in [3.05, 3.63) is 77.6 Å². The van der Waals surface area contributed by atoms with Crippen LogP contribution in [0.3, 0.4) is 0 Å². The van der Waals surface area contributed by atoms with Crippen LogP contribution >= 0.6 is 0 Å². The highest BCUT2D eigenvalue weighted by Gasteiger charge is 2.71. The standard InChI is InChI=1S/C28H27F6NO3/c1-37-24-11-9-20(16-25(24)38-22-4-2-3-5-22)23-17-21(26(36,27(29,30)31)28(32,33)34)10-8-19(23)7-6-18-12-14-35-15-13-18/h8-17,22,36H,2-7H2,1H3. The lowest BCUT2D eigenvalue weighted by Crippen LogP contribution is -2.53. The Kier molecular flexibility index (Phi) is 7.92. The highest BCUT2D eigenvalue weighted by molar-refractivity contribution is 5.71. The summed E-state index contributed by atoms with van der Waals surface area (Å²) in [5.41, 5.74) is -4.46. The summed E-state index contributed by atoms with van der Waals surface area (Å²) in [4.78, 5) is 3.95. The first-order valence-corrected chi connectivity index (χ1v) is 12.2. The molecule has 0 saturated heterocycles. The van der Waals surface area contributed by atoms with Gasteiger partial charge < -0.3 is 14.6 Å². The first-order valence-electron chi connectivity index (χ1n) is 12.2. The Labute approximate surface area is 216 Å². The van der Waals surface area contributed by atoms with Gasteiger partial charge in [0, 0.05) is 18.0 Å². The van der Waals surface area contributed by atoms with E-state index in [4.69, 9.17) is 9.47 Å². The van der Waals surface area contributed by atoms with Crippen LogP contribution in [0.4, 0.5) is 26.3 Å². The maximum absolute atomic E-state index is 13.7. The fraction of sp³-hybridized carbons (Fsp3) is 0.393. The zero-order valence-electron chi connectivity index (χ0n) is 20.6. The molecule has 0 spiro atoms. The molecule has 0 aliphatic heterocycles. The van der Waals surface area contributed by atoms with Crippen LogP contribution in [-0.2, 0) is 18.4 Å². The maximum atomic E-state index is 13.7. The van der Waals surface area contributed by atoms with E-state index in [1.54, 1.807) is 42.7 Å². The lowest BCUT2D eigenvalue weighted by atomic mass is 9.86. The summed E-state index contributed by atoms with van der Waals surface area (Å²) >= 11 is 0. The van der Waals surface area contributed by atoms with Gasteiger partial charge in [-0.05, 0) is 91.1 Å². The van der Waals surface area contributed by atoms with E-state index in [2.05, 4.69) is 4.98 Å². The Hall–Kier alpha value is -3.27. The molecule has 3 aromatic rings. The summed E-state index contributed by atoms with van der Waals surface area (Å²) in [7, 11) is 1.45. The molecule has 4 nitrogen and oxygen atoms in total. The molecule has 4 rings (SSSR count). The molecule has 0 bridgehead atoms. The van der Waals surface area contributed by atoms with Gasteiger partial charge in [-0.3, -0.25) is 4.98 Å². The van der Waals surface area contributed by atoms with E-state index in [-0.39, 0.29) is 11.7 Å². The van der Waals surface area contributed by atoms with Crippen molar-refractivity contribution in [3.63, 3.8) is 0 Å². The van der Waals surface area contributed by atoms with E-state index in [0.29, 0.717) is 41.5 Å². The van der Waals surface area contributed by atoms with Crippen molar-refractivity contribution in [3.8, 4) is 22.6 Å². The van der Waals surface area contributed by atoms with E-state index in [1.165, 1.54) is 13.2 Å². The number of rotatable bonds is 8. The van der Waals surface area contributed by atoms with Crippen LogP contribution in [0.1, 0.15) is 42.4 Å². The van der Waals surface area contributed by atoms with E-state index < -0.39 is 23.5 Å². The number of hydrogen-bond donors (Lipinski definition) is 1. The highest BCUT2D eigenvalue weighted by Crippen LogP contribution is 2.51. The molecule has 0 amide bonds. The van der Waals surface area contributed by atoms with Crippen LogP contribution in [0, 0.1) is 0 Å². The van der Waals surface area contributed by atoms with Gasteiger partial charge in [0.1, 0.15) is 0 Å². The fourth-order valence-corrected chi connectivity index (χ4v) is 4.73. The number of halogens is 6. The molecule has 0 unspecified atom stereocenters. The molecule has 2 aromatic carbocycles. The molecular formula is C28H27F6NO3. The molecule has 0 atom stereocenters. The highest BCUT2D eigenvalue weighted by atomic mass is 19.4. The Morgan fingerprint density at radius 1 is 0.842 bits per heavy atom. The van der Waals surface area contributed by atoms with Crippen LogP contribution in [0.15, 0.2) is 60.9 Å². The molecule has 1 aliphatic carbocycles. The number of aromatic nitrogens is 1. The van der Waals surface area contributed by atoms with Gasteiger partial charge in [0.15, 0.2) is 11.5 Å². The molecule has 1 heterocycles. The van der Waals surface area contributed by atoms with Crippen LogP contribution in [0.25, 0.3) is 11.1 Å². The maximum Gasteiger partial charge on any atom is 0.430 e. The number of ether oxygens (including phenoxy) is 2. The molecule has 1 aliphatic rings. The average Bonchev–Trinajstić information content (AvgIpc) is 3.39. The van der Waals surface area contributed by atoms with E-state index >= 15 is 0 Å². The number of hydrogen-bond acceptors (Lipinski definition) is 4. The number of benzene rings is 2. The Morgan fingerprint density at radius 2 is 1.50 bits per heavy atom. The Morgan fingerprint density at radius 3 is 2.11 bits per heavy atom. The van der Waals surface area contributed by atoms with Crippen LogP contribution in [0.5, 0.6) is 11.5 Å². The van der Waals surface area contributed by atoms with Crippen molar-refractivity contribution in [1.82, 2.24) is 4.98 Å². The van der Waals surface area contributed by atoms with Crippen molar-refractivity contribution in [2.75, 3.05) is 7.11 Å². The monoisotopic (exact) mass is 539 g/mol. The zero-order chi connectivity index (χ0) is 27.6. The van der Waals surface area contributed by atoms with Crippen LogP contribution in [0.2, 0.25) is 0 Å². The summed E-state index contributed by atoms with van der Waals surface area (Å²) in [6, 6.07) is 10.9. The fourth-order valence-electron chi connectivity index (χ4n) is 4.73. The first-order chi connectivity index (χ1) is 17.9. The minimum Gasteiger partial charge on any atom is -0.493 e. The van der Waals surface area contributed by atoms with Gasteiger partial charge >= 0.3 is 12.4 Å². The summed E-state index contributed by atoms with van der Waals surface area (Å²) in [6.07, 6.45) is -4.37. The second kappa shape index (κ2) is 10.8. The summed E-state index contributed by atoms with van der Waals surface area (Å²) < 4.78 is 93.5.